The van der Waals surface area contributed by atoms with E-state index in [-0.39, 0.29) is 18.6 Å². The zero-order valence-corrected chi connectivity index (χ0v) is 14.7. The molecule has 3 atom stereocenters. The van der Waals surface area contributed by atoms with Crippen molar-refractivity contribution in [1.29, 1.82) is 0 Å². The number of ketones is 1. The molecule has 6 nitrogen and oxygen atoms in total. The van der Waals surface area contributed by atoms with Crippen molar-refractivity contribution in [2.24, 2.45) is 5.92 Å². The Morgan fingerprint density at radius 1 is 1.17 bits per heavy atom. The van der Waals surface area contributed by atoms with Gasteiger partial charge in [0, 0.05) is 13.3 Å². The number of Topliss-reactive ketones (excluding diaryl/α,β-unsaturated/α-hetero) is 1. The highest BCUT2D eigenvalue weighted by atomic mass is 16.6. The number of esters is 2. The second kappa shape index (κ2) is 10.1. The SMILES string of the molecule is CCCC(=O)OC(C)C(CC)(CC(=O)C(C=O)CC)OC(C)=O. The van der Waals surface area contributed by atoms with Gasteiger partial charge in [0.2, 0.25) is 0 Å². The number of hydrogen-bond donors (Lipinski definition) is 0. The lowest BCUT2D eigenvalue weighted by Gasteiger charge is -2.37. The van der Waals surface area contributed by atoms with Crippen LogP contribution in [-0.4, -0.2) is 35.7 Å². The number of aldehydes is 1. The number of carbonyl (C=O) groups excluding carboxylic acids is 4. The minimum absolute atomic E-state index is 0.152. The van der Waals surface area contributed by atoms with Crippen LogP contribution < -0.4 is 0 Å². The fourth-order valence-corrected chi connectivity index (χ4v) is 2.43. The van der Waals surface area contributed by atoms with Crippen LogP contribution in [0.15, 0.2) is 0 Å². The molecule has 0 saturated heterocycles. The van der Waals surface area contributed by atoms with E-state index in [0.29, 0.717) is 25.5 Å². The largest absolute Gasteiger partial charge is 0.458 e. The minimum atomic E-state index is -1.25. The highest BCUT2D eigenvalue weighted by Gasteiger charge is 2.43. The Bertz CT molecular complexity index is 431. The third-order valence-corrected chi connectivity index (χ3v) is 3.94. The number of rotatable bonds is 11. The lowest BCUT2D eigenvalue weighted by molar-refractivity contribution is -0.186. The van der Waals surface area contributed by atoms with Crippen LogP contribution in [-0.2, 0) is 28.7 Å². The summed E-state index contributed by atoms with van der Waals surface area (Å²) >= 11 is 0. The Kier molecular flexibility index (Phi) is 9.37. The third-order valence-electron chi connectivity index (χ3n) is 3.94. The molecule has 23 heavy (non-hydrogen) atoms. The summed E-state index contributed by atoms with van der Waals surface area (Å²) < 4.78 is 10.7. The fraction of sp³-hybridized carbons (Fsp3) is 0.765. The molecule has 0 aliphatic carbocycles. The van der Waals surface area contributed by atoms with E-state index in [2.05, 4.69) is 0 Å². The van der Waals surface area contributed by atoms with Crippen molar-refractivity contribution in [3.63, 3.8) is 0 Å². The Hall–Kier alpha value is -1.72. The van der Waals surface area contributed by atoms with Crippen molar-refractivity contribution < 1.29 is 28.7 Å². The predicted molar refractivity (Wildman–Crippen MR) is 84.7 cm³/mol. The predicted octanol–water partition coefficient (Wildman–Crippen LogP) is 2.61. The first-order valence-electron chi connectivity index (χ1n) is 8.13. The molecule has 0 radical (unpaired) electrons. The van der Waals surface area contributed by atoms with Crippen LogP contribution in [0.1, 0.15) is 66.7 Å². The summed E-state index contributed by atoms with van der Waals surface area (Å²) in [5, 5.41) is 0. The van der Waals surface area contributed by atoms with Gasteiger partial charge >= 0.3 is 11.9 Å². The van der Waals surface area contributed by atoms with Gasteiger partial charge in [-0.1, -0.05) is 20.8 Å². The molecule has 0 aliphatic heterocycles. The molecule has 0 rings (SSSR count). The molecule has 0 aliphatic rings. The normalized spacial score (nSPS) is 15.9. The van der Waals surface area contributed by atoms with Gasteiger partial charge < -0.3 is 14.3 Å². The average Bonchev–Trinajstić information content (AvgIpc) is 2.47. The lowest BCUT2D eigenvalue weighted by Crippen LogP contribution is -2.48. The molecule has 0 saturated carbocycles. The highest BCUT2D eigenvalue weighted by Crippen LogP contribution is 2.30. The van der Waals surface area contributed by atoms with Gasteiger partial charge in [0.15, 0.2) is 5.60 Å². The molecular weight excluding hydrogens is 300 g/mol. The average molecular weight is 328 g/mol. The molecular formula is C17H28O6. The van der Waals surface area contributed by atoms with Crippen LogP contribution in [0.4, 0.5) is 0 Å². The van der Waals surface area contributed by atoms with Crippen molar-refractivity contribution >= 4 is 24.0 Å². The second-order valence-corrected chi connectivity index (χ2v) is 5.69. The van der Waals surface area contributed by atoms with Crippen LogP contribution in [0.5, 0.6) is 0 Å². The van der Waals surface area contributed by atoms with Gasteiger partial charge in [-0.05, 0) is 26.2 Å². The quantitative estimate of drug-likeness (QED) is 0.329. The van der Waals surface area contributed by atoms with Crippen molar-refractivity contribution in [2.75, 3.05) is 0 Å². The molecule has 0 spiro atoms. The molecule has 0 aromatic heterocycles. The molecule has 132 valence electrons. The van der Waals surface area contributed by atoms with Gasteiger partial charge in [0.05, 0.1) is 12.3 Å². The molecule has 0 bridgehead atoms. The zero-order chi connectivity index (χ0) is 18.0. The van der Waals surface area contributed by atoms with Gasteiger partial charge in [-0.25, -0.2) is 0 Å². The van der Waals surface area contributed by atoms with Crippen LogP contribution in [0.3, 0.4) is 0 Å². The smallest absolute Gasteiger partial charge is 0.306 e. The van der Waals surface area contributed by atoms with Crippen LogP contribution in [0.2, 0.25) is 0 Å². The summed E-state index contributed by atoms with van der Waals surface area (Å²) in [6.07, 6.45) is 1.25. The molecule has 3 unspecified atom stereocenters. The van der Waals surface area contributed by atoms with E-state index < -0.39 is 29.6 Å². The summed E-state index contributed by atoms with van der Waals surface area (Å²) in [7, 11) is 0. The Morgan fingerprint density at radius 3 is 2.17 bits per heavy atom. The fourth-order valence-electron chi connectivity index (χ4n) is 2.43. The summed E-state index contributed by atoms with van der Waals surface area (Å²) in [5.41, 5.74) is -1.25. The summed E-state index contributed by atoms with van der Waals surface area (Å²) in [6, 6.07) is 0. The van der Waals surface area contributed by atoms with Crippen molar-refractivity contribution in [3.05, 3.63) is 0 Å². The molecule has 6 heteroatoms. The van der Waals surface area contributed by atoms with Gasteiger partial charge in [0.1, 0.15) is 18.2 Å². The molecule has 0 heterocycles. The first kappa shape index (κ1) is 21.3. The van der Waals surface area contributed by atoms with Crippen LogP contribution >= 0.6 is 0 Å². The maximum absolute atomic E-state index is 12.3. The Morgan fingerprint density at radius 2 is 1.78 bits per heavy atom. The highest BCUT2D eigenvalue weighted by molar-refractivity contribution is 5.94. The topological polar surface area (TPSA) is 86.7 Å². The van der Waals surface area contributed by atoms with E-state index in [0.717, 1.165) is 0 Å². The molecule has 0 amide bonds. The maximum Gasteiger partial charge on any atom is 0.306 e. The van der Waals surface area contributed by atoms with E-state index in [4.69, 9.17) is 9.47 Å². The maximum atomic E-state index is 12.3. The third kappa shape index (κ3) is 6.50. The summed E-state index contributed by atoms with van der Waals surface area (Å²) in [4.78, 5) is 46.5. The molecule has 0 aromatic rings. The number of hydrogen-bond acceptors (Lipinski definition) is 6. The molecule has 0 N–H and O–H groups in total. The Labute approximate surface area is 137 Å². The van der Waals surface area contributed by atoms with Crippen LogP contribution in [0, 0.1) is 5.92 Å². The van der Waals surface area contributed by atoms with E-state index in [1.54, 1.807) is 20.8 Å². The molecule has 0 fully saturated rings. The van der Waals surface area contributed by atoms with Gasteiger partial charge in [-0.15, -0.1) is 0 Å². The lowest BCUT2D eigenvalue weighted by atomic mass is 9.84. The van der Waals surface area contributed by atoms with Crippen molar-refractivity contribution in [2.45, 2.75) is 78.4 Å². The van der Waals surface area contributed by atoms with Crippen LogP contribution in [0.25, 0.3) is 0 Å². The van der Waals surface area contributed by atoms with Gasteiger partial charge in [-0.3, -0.25) is 14.4 Å². The Balaban J connectivity index is 5.36. The minimum Gasteiger partial charge on any atom is -0.458 e. The number of carbonyl (C=O) groups is 4. The van der Waals surface area contributed by atoms with Crippen molar-refractivity contribution in [1.82, 2.24) is 0 Å². The van der Waals surface area contributed by atoms with E-state index >= 15 is 0 Å². The number of ether oxygens (including phenoxy) is 2. The zero-order valence-electron chi connectivity index (χ0n) is 14.7. The summed E-state index contributed by atoms with van der Waals surface area (Å²) in [5.74, 6) is -2.02. The monoisotopic (exact) mass is 328 g/mol. The van der Waals surface area contributed by atoms with E-state index in [1.165, 1.54) is 6.92 Å². The van der Waals surface area contributed by atoms with Gasteiger partial charge in [0.25, 0.3) is 0 Å². The van der Waals surface area contributed by atoms with E-state index in [9.17, 15) is 19.2 Å². The standard InChI is InChI=1S/C17H28O6/c1-6-9-16(21)22-12(4)17(8-3,23-13(5)19)10-15(20)14(7-2)11-18/h11-12,14H,6-10H2,1-5H3. The second-order valence-electron chi connectivity index (χ2n) is 5.69. The summed E-state index contributed by atoms with van der Waals surface area (Å²) in [6.45, 7) is 8.19. The van der Waals surface area contributed by atoms with Gasteiger partial charge in [-0.2, -0.15) is 0 Å². The van der Waals surface area contributed by atoms with E-state index in [1.807, 2.05) is 6.92 Å². The van der Waals surface area contributed by atoms with Crippen molar-refractivity contribution in [3.8, 4) is 0 Å². The first-order valence-corrected chi connectivity index (χ1v) is 8.13. The molecule has 0 aromatic carbocycles. The first-order chi connectivity index (χ1) is 10.8.